The van der Waals surface area contributed by atoms with Crippen LogP contribution in [0.15, 0.2) is 36.5 Å². The Bertz CT molecular complexity index is 495. The van der Waals surface area contributed by atoms with E-state index >= 15 is 0 Å². The third kappa shape index (κ3) is 2.49. The van der Waals surface area contributed by atoms with Gasteiger partial charge in [0, 0.05) is 17.8 Å². The van der Waals surface area contributed by atoms with Crippen LogP contribution in [0.1, 0.15) is 24.2 Å². The first-order valence-electron chi connectivity index (χ1n) is 5.49. The van der Waals surface area contributed by atoms with Gasteiger partial charge >= 0.3 is 0 Å². The van der Waals surface area contributed by atoms with Gasteiger partial charge < -0.3 is 0 Å². The molecule has 0 saturated heterocycles. The van der Waals surface area contributed by atoms with Crippen molar-refractivity contribution in [2.24, 2.45) is 5.84 Å². The predicted octanol–water partition coefficient (Wildman–Crippen LogP) is 2.11. The lowest BCUT2D eigenvalue weighted by molar-refractivity contribution is 0.543. The van der Waals surface area contributed by atoms with Gasteiger partial charge in [0.2, 0.25) is 0 Å². The Kier molecular flexibility index (Phi) is 3.78. The van der Waals surface area contributed by atoms with E-state index in [1.807, 2.05) is 41.9 Å². The summed E-state index contributed by atoms with van der Waals surface area (Å²) in [6.07, 6.45) is 1.77. The monoisotopic (exact) mass is 250 g/mol. The molecule has 3 N–H and O–H groups in total. The second-order valence-electron chi connectivity index (χ2n) is 3.73. The van der Waals surface area contributed by atoms with Crippen LogP contribution in [-0.2, 0) is 6.54 Å². The molecule has 0 aliphatic carbocycles. The summed E-state index contributed by atoms with van der Waals surface area (Å²) < 4.78 is 1.91. The van der Waals surface area contributed by atoms with Crippen LogP contribution >= 0.6 is 11.6 Å². The largest absolute Gasteiger partial charge is 0.271 e. The normalized spacial score (nSPS) is 12.6. The molecule has 0 aliphatic heterocycles. The quantitative estimate of drug-likeness (QED) is 0.646. The Morgan fingerprint density at radius 2 is 2.29 bits per heavy atom. The second kappa shape index (κ2) is 5.31. The Balaban J connectivity index is 2.40. The average molecular weight is 251 g/mol. The van der Waals surface area contributed by atoms with Gasteiger partial charge in [-0.2, -0.15) is 5.10 Å². The first-order valence-corrected chi connectivity index (χ1v) is 5.87. The summed E-state index contributed by atoms with van der Waals surface area (Å²) in [5.41, 5.74) is 4.85. The van der Waals surface area contributed by atoms with Crippen LogP contribution < -0.4 is 11.3 Å². The molecule has 5 heteroatoms. The molecule has 1 aromatic carbocycles. The second-order valence-corrected chi connectivity index (χ2v) is 4.16. The van der Waals surface area contributed by atoms with Gasteiger partial charge in [-0.25, -0.2) is 5.43 Å². The summed E-state index contributed by atoms with van der Waals surface area (Å²) in [4.78, 5) is 0. The molecular weight excluding hydrogens is 236 g/mol. The fourth-order valence-electron chi connectivity index (χ4n) is 1.89. The zero-order valence-corrected chi connectivity index (χ0v) is 10.4. The number of rotatable bonds is 4. The molecule has 0 fully saturated rings. The number of nitrogens with zero attached hydrogens (tertiary/aromatic N) is 2. The molecule has 90 valence electrons. The van der Waals surface area contributed by atoms with Crippen molar-refractivity contribution in [3.05, 3.63) is 52.8 Å². The molecule has 1 aromatic heterocycles. The van der Waals surface area contributed by atoms with Crippen LogP contribution in [0.4, 0.5) is 0 Å². The van der Waals surface area contributed by atoms with Crippen LogP contribution in [0, 0.1) is 0 Å². The summed E-state index contributed by atoms with van der Waals surface area (Å²) in [7, 11) is 0. The van der Waals surface area contributed by atoms with E-state index in [0.717, 1.165) is 17.8 Å². The van der Waals surface area contributed by atoms with E-state index in [2.05, 4.69) is 10.5 Å². The van der Waals surface area contributed by atoms with E-state index in [4.69, 9.17) is 17.4 Å². The van der Waals surface area contributed by atoms with Crippen molar-refractivity contribution in [2.75, 3.05) is 0 Å². The van der Waals surface area contributed by atoms with Gasteiger partial charge in [-0.3, -0.25) is 10.5 Å². The molecule has 2 aromatic rings. The lowest BCUT2D eigenvalue weighted by atomic mass is 10.0. The minimum Gasteiger partial charge on any atom is -0.271 e. The van der Waals surface area contributed by atoms with Crippen molar-refractivity contribution in [2.45, 2.75) is 19.5 Å². The molecule has 17 heavy (non-hydrogen) atoms. The number of aromatic nitrogens is 2. The number of aryl methyl sites for hydroxylation is 1. The maximum Gasteiger partial charge on any atom is 0.0878 e. The summed E-state index contributed by atoms with van der Waals surface area (Å²) >= 11 is 5.99. The van der Waals surface area contributed by atoms with Crippen LogP contribution in [0.2, 0.25) is 5.02 Å². The van der Waals surface area contributed by atoms with Crippen molar-refractivity contribution in [1.29, 1.82) is 0 Å². The van der Waals surface area contributed by atoms with E-state index in [9.17, 15) is 0 Å². The summed E-state index contributed by atoms with van der Waals surface area (Å²) in [6.45, 7) is 2.85. The van der Waals surface area contributed by atoms with E-state index in [0.29, 0.717) is 5.02 Å². The highest BCUT2D eigenvalue weighted by molar-refractivity contribution is 6.30. The topological polar surface area (TPSA) is 55.9 Å². The van der Waals surface area contributed by atoms with Crippen molar-refractivity contribution in [3.63, 3.8) is 0 Å². The zero-order valence-electron chi connectivity index (χ0n) is 9.60. The number of hydrogen-bond donors (Lipinski definition) is 2. The Morgan fingerprint density at radius 3 is 2.94 bits per heavy atom. The number of hydrazine groups is 1. The Morgan fingerprint density at radius 1 is 1.47 bits per heavy atom. The van der Waals surface area contributed by atoms with Crippen molar-refractivity contribution in [1.82, 2.24) is 15.2 Å². The van der Waals surface area contributed by atoms with Gasteiger partial charge in [-0.15, -0.1) is 0 Å². The zero-order chi connectivity index (χ0) is 12.3. The molecule has 0 radical (unpaired) electrons. The molecule has 1 atom stereocenters. The van der Waals surface area contributed by atoms with Crippen molar-refractivity contribution >= 4 is 11.6 Å². The highest BCUT2D eigenvalue weighted by Gasteiger charge is 2.16. The first kappa shape index (κ1) is 12.1. The minimum absolute atomic E-state index is 0.101. The fourth-order valence-corrected chi connectivity index (χ4v) is 2.09. The van der Waals surface area contributed by atoms with Crippen molar-refractivity contribution in [3.8, 4) is 0 Å². The highest BCUT2D eigenvalue weighted by atomic mass is 35.5. The van der Waals surface area contributed by atoms with Gasteiger partial charge in [-0.05, 0) is 30.7 Å². The van der Waals surface area contributed by atoms with Crippen LogP contribution in [0.25, 0.3) is 0 Å². The average Bonchev–Trinajstić information content (AvgIpc) is 2.78. The number of nitrogens with two attached hydrogens (primary N) is 1. The molecule has 0 spiro atoms. The Labute approximate surface area is 105 Å². The summed E-state index contributed by atoms with van der Waals surface area (Å²) in [5, 5.41) is 4.94. The third-order valence-corrected chi connectivity index (χ3v) is 2.93. The van der Waals surface area contributed by atoms with Crippen LogP contribution in [-0.4, -0.2) is 9.78 Å². The minimum atomic E-state index is -0.101. The predicted molar refractivity (Wildman–Crippen MR) is 68.5 cm³/mol. The molecule has 0 amide bonds. The lowest BCUT2D eigenvalue weighted by Crippen LogP contribution is -2.30. The van der Waals surface area contributed by atoms with Gasteiger partial charge in [0.1, 0.15) is 0 Å². The Hall–Kier alpha value is -1.36. The molecule has 2 rings (SSSR count). The van der Waals surface area contributed by atoms with E-state index in [1.165, 1.54) is 0 Å². The number of halogens is 1. The molecule has 0 bridgehead atoms. The maximum absolute atomic E-state index is 5.99. The first-order chi connectivity index (χ1) is 8.26. The maximum atomic E-state index is 5.99. The molecule has 1 unspecified atom stereocenters. The molecule has 0 aliphatic rings. The molecule has 1 heterocycles. The van der Waals surface area contributed by atoms with E-state index < -0.39 is 0 Å². The van der Waals surface area contributed by atoms with Crippen LogP contribution in [0.3, 0.4) is 0 Å². The number of hydrogen-bond acceptors (Lipinski definition) is 3. The summed E-state index contributed by atoms with van der Waals surface area (Å²) in [6, 6.07) is 9.50. The van der Waals surface area contributed by atoms with Gasteiger partial charge in [-0.1, -0.05) is 23.7 Å². The third-order valence-electron chi connectivity index (χ3n) is 2.69. The fraction of sp³-hybridized carbons (Fsp3) is 0.250. The molecular formula is C12H15ClN4. The standard InChI is InChI=1S/C12H15ClN4/c1-2-17-11(6-7-15-17)12(16-14)9-4-3-5-10(13)8-9/h3-8,12,16H,2,14H2,1H3. The van der Waals surface area contributed by atoms with E-state index in [1.54, 1.807) is 6.20 Å². The van der Waals surface area contributed by atoms with Crippen molar-refractivity contribution < 1.29 is 0 Å². The van der Waals surface area contributed by atoms with Gasteiger partial charge in [0.05, 0.1) is 11.7 Å². The lowest BCUT2D eigenvalue weighted by Gasteiger charge is -2.17. The van der Waals surface area contributed by atoms with Gasteiger partial charge in [0.25, 0.3) is 0 Å². The van der Waals surface area contributed by atoms with E-state index in [-0.39, 0.29) is 6.04 Å². The SMILES string of the molecule is CCn1nccc1C(NN)c1cccc(Cl)c1. The summed E-state index contributed by atoms with van der Waals surface area (Å²) in [5.74, 6) is 5.64. The molecule has 0 saturated carbocycles. The highest BCUT2D eigenvalue weighted by Crippen LogP contribution is 2.23. The molecule has 4 nitrogen and oxygen atoms in total. The number of benzene rings is 1. The smallest absolute Gasteiger partial charge is 0.0878 e. The van der Waals surface area contributed by atoms with Gasteiger partial charge in [0.15, 0.2) is 0 Å². The van der Waals surface area contributed by atoms with Crippen LogP contribution in [0.5, 0.6) is 0 Å². The number of nitrogens with one attached hydrogen (secondary N) is 1.